The fraction of sp³-hybridized carbons (Fsp3) is 0.889. The number of unbranched alkanes of at least 4 members (excludes halogenated alkanes) is 15. The predicted molar refractivity (Wildman–Crippen MR) is 128 cm³/mol. The Kier molecular flexibility index (Phi) is 17.4. The minimum absolute atomic E-state index is 0.881. The van der Waals surface area contributed by atoms with Crippen molar-refractivity contribution in [2.24, 2.45) is 5.92 Å². The summed E-state index contributed by atoms with van der Waals surface area (Å²) in [7, 11) is 0. The predicted octanol–water partition coefficient (Wildman–Crippen LogP) is 8.54. The molecule has 0 amide bonds. The molecule has 1 rings (SSSR count). The van der Waals surface area contributed by atoms with Gasteiger partial charge >= 0.3 is 0 Å². The number of rotatable bonds is 21. The van der Waals surface area contributed by atoms with Gasteiger partial charge in [-0.2, -0.15) is 0 Å². The largest absolute Gasteiger partial charge is 0.254 e. The second-order valence-corrected chi connectivity index (χ2v) is 9.69. The molecular weight excluding hydrogens is 352 g/mol. The van der Waals surface area contributed by atoms with Crippen molar-refractivity contribution in [3.8, 4) is 0 Å². The third kappa shape index (κ3) is 15.7. The first kappa shape index (κ1) is 26.2. The summed E-state index contributed by atoms with van der Waals surface area (Å²) in [5, 5.41) is 0. The number of nitrogens with zero attached hydrogens (tertiary/aromatic N) is 1. The molecule has 2 nitrogen and oxygen atoms in total. The Balaban J connectivity index is 1.94. The number of H-pyrrole nitrogens is 1. The lowest BCUT2D eigenvalue weighted by Gasteiger charge is -2.05. The van der Waals surface area contributed by atoms with Crippen LogP contribution in [0, 0.1) is 5.92 Å². The van der Waals surface area contributed by atoms with Gasteiger partial charge in [0.25, 0.3) is 5.82 Å². The molecule has 0 atom stereocenters. The molecule has 0 aromatic carbocycles. The molecule has 0 spiro atoms. The maximum atomic E-state index is 3.48. The van der Waals surface area contributed by atoms with E-state index in [-0.39, 0.29) is 0 Å². The second kappa shape index (κ2) is 19.2. The Morgan fingerprint density at radius 3 is 1.79 bits per heavy atom. The van der Waals surface area contributed by atoms with Gasteiger partial charge in [0.15, 0.2) is 0 Å². The molecule has 0 bridgehead atoms. The van der Waals surface area contributed by atoms with E-state index in [1.807, 2.05) is 0 Å². The zero-order valence-corrected chi connectivity index (χ0v) is 20.3. The molecule has 1 aromatic heterocycles. The number of imidazole rings is 1. The maximum Gasteiger partial charge on any atom is 0.254 e. The van der Waals surface area contributed by atoms with Crippen LogP contribution in [0.1, 0.15) is 142 Å². The number of aryl methyl sites for hydroxylation is 2. The van der Waals surface area contributed by atoms with Crippen molar-refractivity contribution in [2.75, 3.05) is 0 Å². The molecule has 0 saturated heterocycles. The van der Waals surface area contributed by atoms with E-state index in [9.17, 15) is 0 Å². The van der Waals surface area contributed by atoms with Crippen LogP contribution in [-0.4, -0.2) is 4.98 Å². The molecule has 0 aliphatic heterocycles. The average molecular weight is 406 g/mol. The van der Waals surface area contributed by atoms with E-state index in [2.05, 4.69) is 42.7 Å². The van der Waals surface area contributed by atoms with E-state index in [4.69, 9.17) is 0 Å². The highest BCUT2D eigenvalue weighted by Gasteiger charge is 2.09. The molecule has 1 N–H and O–H groups in total. The average Bonchev–Trinajstić information content (AvgIpc) is 3.15. The first-order valence-electron chi connectivity index (χ1n) is 13.3. The fourth-order valence-corrected chi connectivity index (χ4v) is 4.32. The summed E-state index contributed by atoms with van der Waals surface area (Å²) < 4.78 is 2.47. The summed E-state index contributed by atoms with van der Waals surface area (Å²) in [6.45, 7) is 8.17. The number of hydrogen-bond acceptors (Lipinski definition) is 0. The van der Waals surface area contributed by atoms with Gasteiger partial charge in [0.2, 0.25) is 0 Å². The van der Waals surface area contributed by atoms with Gasteiger partial charge < -0.3 is 0 Å². The third-order valence-electron chi connectivity index (χ3n) is 6.30. The Labute approximate surface area is 183 Å². The van der Waals surface area contributed by atoms with Crippen LogP contribution in [0.5, 0.6) is 0 Å². The van der Waals surface area contributed by atoms with Crippen molar-refractivity contribution in [3.63, 3.8) is 0 Å². The zero-order valence-electron chi connectivity index (χ0n) is 20.3. The molecule has 29 heavy (non-hydrogen) atoms. The normalized spacial score (nSPS) is 11.6. The van der Waals surface area contributed by atoms with E-state index in [0.29, 0.717) is 0 Å². The standard InChI is InChI=1S/C27H52N2/c1-4-5-6-7-8-11-14-17-20-24-29-25-23-28-27(29)22-19-16-13-10-9-12-15-18-21-26(2)3/h23,25-26H,4-22,24H2,1-3H3/p+1. The van der Waals surface area contributed by atoms with Crippen LogP contribution in [0.2, 0.25) is 0 Å². The monoisotopic (exact) mass is 405 g/mol. The summed E-state index contributed by atoms with van der Waals surface area (Å²) in [6.07, 6.45) is 31.1. The van der Waals surface area contributed by atoms with Crippen molar-refractivity contribution in [3.05, 3.63) is 18.2 Å². The second-order valence-electron chi connectivity index (χ2n) is 9.69. The van der Waals surface area contributed by atoms with Crippen molar-refractivity contribution >= 4 is 0 Å². The maximum absolute atomic E-state index is 3.48. The first-order chi connectivity index (χ1) is 14.2. The Morgan fingerprint density at radius 1 is 0.690 bits per heavy atom. The number of aromatic amines is 1. The van der Waals surface area contributed by atoms with Crippen LogP contribution in [-0.2, 0) is 13.0 Å². The summed E-state index contributed by atoms with van der Waals surface area (Å²) in [6, 6.07) is 0. The Bertz CT molecular complexity index is 449. The molecule has 0 fully saturated rings. The molecular formula is C27H53N2+. The highest BCUT2D eigenvalue weighted by atomic mass is 15.1. The molecule has 0 aliphatic rings. The highest BCUT2D eigenvalue weighted by Crippen LogP contribution is 2.13. The van der Waals surface area contributed by atoms with Crippen LogP contribution in [0.15, 0.2) is 12.4 Å². The first-order valence-corrected chi connectivity index (χ1v) is 13.3. The zero-order chi connectivity index (χ0) is 21.0. The fourth-order valence-electron chi connectivity index (χ4n) is 4.32. The van der Waals surface area contributed by atoms with Crippen LogP contribution in [0.3, 0.4) is 0 Å². The van der Waals surface area contributed by atoms with Crippen LogP contribution in [0.4, 0.5) is 0 Å². The SMILES string of the molecule is CCCCCCCCCCC[n+]1cc[nH]c1CCCCCCCCCCC(C)C. The van der Waals surface area contributed by atoms with E-state index < -0.39 is 0 Å². The van der Waals surface area contributed by atoms with Crippen molar-refractivity contribution < 1.29 is 4.57 Å². The van der Waals surface area contributed by atoms with Gasteiger partial charge in [-0.05, 0) is 25.2 Å². The lowest BCUT2D eigenvalue weighted by Crippen LogP contribution is -2.36. The van der Waals surface area contributed by atoms with Gasteiger partial charge in [0.05, 0.1) is 6.54 Å². The number of aromatic nitrogens is 2. The van der Waals surface area contributed by atoms with Crippen LogP contribution >= 0.6 is 0 Å². The molecule has 0 saturated carbocycles. The molecule has 0 radical (unpaired) electrons. The summed E-state index contributed by atoms with van der Waals surface area (Å²) >= 11 is 0. The lowest BCUT2D eigenvalue weighted by molar-refractivity contribution is -0.703. The van der Waals surface area contributed by atoms with Gasteiger partial charge in [0, 0.05) is 6.42 Å². The topological polar surface area (TPSA) is 19.7 Å². The van der Waals surface area contributed by atoms with Crippen molar-refractivity contribution in [1.82, 2.24) is 4.98 Å². The quantitative estimate of drug-likeness (QED) is 0.156. The Hall–Kier alpha value is -0.790. The van der Waals surface area contributed by atoms with Crippen LogP contribution < -0.4 is 4.57 Å². The lowest BCUT2D eigenvalue weighted by atomic mass is 10.0. The van der Waals surface area contributed by atoms with Crippen molar-refractivity contribution in [2.45, 2.75) is 149 Å². The van der Waals surface area contributed by atoms with Crippen molar-refractivity contribution in [1.29, 1.82) is 0 Å². The van der Waals surface area contributed by atoms with E-state index in [1.165, 1.54) is 134 Å². The molecule has 1 heterocycles. The van der Waals surface area contributed by atoms with Gasteiger partial charge in [0.1, 0.15) is 12.4 Å². The molecule has 0 unspecified atom stereocenters. The van der Waals surface area contributed by atoms with Gasteiger partial charge in [-0.3, -0.25) is 0 Å². The minimum atomic E-state index is 0.881. The van der Waals surface area contributed by atoms with Gasteiger partial charge in [-0.1, -0.05) is 117 Å². The van der Waals surface area contributed by atoms with Gasteiger partial charge in [-0.15, -0.1) is 0 Å². The van der Waals surface area contributed by atoms with Gasteiger partial charge in [-0.25, -0.2) is 9.55 Å². The molecule has 0 aliphatic carbocycles. The number of hydrogen-bond donors (Lipinski definition) is 1. The summed E-state index contributed by atoms with van der Waals surface area (Å²) in [5.74, 6) is 2.32. The van der Waals surface area contributed by atoms with Crippen LogP contribution in [0.25, 0.3) is 0 Å². The Morgan fingerprint density at radius 2 is 1.21 bits per heavy atom. The van der Waals surface area contributed by atoms with E-state index in [0.717, 1.165) is 5.92 Å². The molecule has 1 aromatic rings. The molecule has 170 valence electrons. The highest BCUT2D eigenvalue weighted by molar-refractivity contribution is 4.77. The minimum Gasteiger partial charge on any atom is -0.248 e. The summed E-state index contributed by atoms with van der Waals surface area (Å²) in [4.78, 5) is 3.48. The summed E-state index contributed by atoms with van der Waals surface area (Å²) in [5.41, 5.74) is 0. The number of nitrogens with one attached hydrogen (secondary N) is 1. The third-order valence-corrected chi connectivity index (χ3v) is 6.30. The van der Waals surface area contributed by atoms with E-state index >= 15 is 0 Å². The molecule has 2 heteroatoms. The smallest absolute Gasteiger partial charge is 0.248 e. The van der Waals surface area contributed by atoms with E-state index in [1.54, 1.807) is 0 Å².